The van der Waals surface area contributed by atoms with Crippen LogP contribution in [0.4, 0.5) is 10.1 Å². The maximum atomic E-state index is 13.3. The molecule has 2 aliphatic rings. The van der Waals surface area contributed by atoms with Crippen LogP contribution in [0.1, 0.15) is 62.7 Å². The number of hydrogen-bond acceptors (Lipinski definition) is 4. The second kappa shape index (κ2) is 10.5. The molecule has 0 radical (unpaired) electrons. The van der Waals surface area contributed by atoms with Crippen molar-refractivity contribution in [3.63, 3.8) is 0 Å². The van der Waals surface area contributed by atoms with E-state index in [0.717, 1.165) is 44.2 Å². The number of carbonyl (C=O) groups excluding carboxylic acids is 1. The summed E-state index contributed by atoms with van der Waals surface area (Å²) in [4.78, 5) is 17.6. The number of rotatable bonds is 8. The van der Waals surface area contributed by atoms with Crippen molar-refractivity contribution in [2.45, 2.75) is 58.4 Å². The van der Waals surface area contributed by atoms with Crippen molar-refractivity contribution >= 4 is 23.5 Å². The molecule has 0 bridgehead atoms. The van der Waals surface area contributed by atoms with E-state index < -0.39 is 0 Å². The van der Waals surface area contributed by atoms with Crippen LogP contribution < -0.4 is 5.32 Å². The predicted octanol–water partition coefficient (Wildman–Crippen LogP) is 6.60. The molecular formula is C29H34FN3O2. The molecule has 4 unspecified atom stereocenters. The molecule has 2 aromatic rings. The van der Waals surface area contributed by atoms with E-state index in [1.807, 2.05) is 0 Å². The van der Waals surface area contributed by atoms with Crippen LogP contribution in [0.15, 0.2) is 65.2 Å². The van der Waals surface area contributed by atoms with Crippen molar-refractivity contribution in [1.82, 2.24) is 5.32 Å². The highest BCUT2D eigenvalue weighted by atomic mass is 19.1. The van der Waals surface area contributed by atoms with Gasteiger partial charge in [0.1, 0.15) is 11.6 Å². The van der Waals surface area contributed by atoms with Gasteiger partial charge in [-0.25, -0.2) is 4.39 Å². The Morgan fingerprint density at radius 3 is 2.71 bits per heavy atom. The van der Waals surface area contributed by atoms with Crippen LogP contribution in [0, 0.1) is 28.5 Å². The summed E-state index contributed by atoms with van der Waals surface area (Å²) in [5.41, 5.74) is 3.14. The lowest BCUT2D eigenvalue weighted by Crippen LogP contribution is -2.40. The minimum absolute atomic E-state index is 0.00706. The van der Waals surface area contributed by atoms with E-state index in [2.05, 4.69) is 25.2 Å². The third-order valence-electron chi connectivity index (χ3n) is 7.72. The monoisotopic (exact) mass is 475 g/mol. The zero-order chi connectivity index (χ0) is 25.0. The number of allylic oxidation sites excluding steroid dienone is 2. The average Bonchev–Trinajstić information content (AvgIpc) is 3.15. The molecule has 0 aromatic heterocycles. The molecular weight excluding hydrogens is 441 g/mol. The number of nitrogens with one attached hydrogen (secondary N) is 2. The second-order valence-electron chi connectivity index (χ2n) is 10.0. The summed E-state index contributed by atoms with van der Waals surface area (Å²) in [5.74, 6) is -0.260. The normalized spacial score (nSPS) is 25.6. The number of halogens is 1. The number of aliphatic imine (C=N–C) groups is 1. The molecule has 1 amide bonds. The van der Waals surface area contributed by atoms with Crippen molar-refractivity contribution in [2.75, 3.05) is 0 Å². The van der Waals surface area contributed by atoms with Gasteiger partial charge in [0.15, 0.2) is 0 Å². The quantitative estimate of drug-likeness (QED) is 0.376. The molecule has 0 aliphatic heterocycles. The molecule has 0 heterocycles. The maximum absolute atomic E-state index is 13.3. The van der Waals surface area contributed by atoms with Crippen LogP contribution in [0.2, 0.25) is 0 Å². The summed E-state index contributed by atoms with van der Waals surface area (Å²) in [6.07, 6.45) is 9.11. The van der Waals surface area contributed by atoms with Crippen LogP contribution in [0.5, 0.6) is 5.75 Å². The number of phenolic OH excluding ortho intramolecular Hbond substituents is 1. The summed E-state index contributed by atoms with van der Waals surface area (Å²) in [6, 6.07) is 12.8. The molecule has 5 nitrogen and oxygen atoms in total. The van der Waals surface area contributed by atoms with Crippen LogP contribution in [0.3, 0.4) is 0 Å². The average molecular weight is 476 g/mol. The van der Waals surface area contributed by atoms with E-state index in [1.165, 1.54) is 30.0 Å². The number of hydrogen-bond donors (Lipinski definition) is 3. The summed E-state index contributed by atoms with van der Waals surface area (Å²) >= 11 is 0. The second-order valence-corrected chi connectivity index (χ2v) is 10.0. The highest BCUT2D eigenvalue weighted by Crippen LogP contribution is 2.55. The summed E-state index contributed by atoms with van der Waals surface area (Å²) in [7, 11) is 0. The summed E-state index contributed by atoms with van der Waals surface area (Å²) < 4.78 is 13.3. The topological polar surface area (TPSA) is 85.5 Å². The van der Waals surface area contributed by atoms with Gasteiger partial charge in [-0.05, 0) is 85.9 Å². The number of amides is 1. The molecule has 1 saturated carbocycles. The van der Waals surface area contributed by atoms with E-state index in [9.17, 15) is 14.3 Å². The number of phenols is 1. The Kier molecular flexibility index (Phi) is 7.48. The molecule has 4 atom stereocenters. The Morgan fingerprint density at radius 1 is 1.29 bits per heavy atom. The van der Waals surface area contributed by atoms with Gasteiger partial charge in [0.25, 0.3) is 5.91 Å². The Balaban J connectivity index is 1.53. The Hall–Kier alpha value is -3.28. The minimum Gasteiger partial charge on any atom is -0.507 e. The Labute approximate surface area is 206 Å². The van der Waals surface area contributed by atoms with E-state index in [-0.39, 0.29) is 34.8 Å². The van der Waals surface area contributed by atoms with Gasteiger partial charge in [0.2, 0.25) is 0 Å². The van der Waals surface area contributed by atoms with Crippen LogP contribution in [-0.4, -0.2) is 29.0 Å². The lowest BCUT2D eigenvalue weighted by atomic mass is 9.65. The standard InChI is InChI=1S/C29H34FN3O2/c1-3-6-24(33-28(35)25-7-4-5-8-27(25)34)15-20-9-10-21-16-26(19(18-31)17-29(20,21)2)32-23-13-11-22(30)12-14-23/h4-5,7-8,11-14,16,18-20,24,31,34H,3,6,9-10,15,17H2,1-2H3,(H,33,35). The van der Waals surface area contributed by atoms with Gasteiger partial charge in [0, 0.05) is 23.9 Å². The van der Waals surface area contributed by atoms with E-state index in [0.29, 0.717) is 17.2 Å². The maximum Gasteiger partial charge on any atom is 0.255 e. The van der Waals surface area contributed by atoms with E-state index in [4.69, 9.17) is 10.4 Å². The molecule has 2 aromatic carbocycles. The largest absolute Gasteiger partial charge is 0.507 e. The first-order chi connectivity index (χ1) is 16.8. The minimum atomic E-state index is -0.290. The molecule has 4 rings (SSSR count). The van der Waals surface area contributed by atoms with Gasteiger partial charge >= 0.3 is 0 Å². The smallest absolute Gasteiger partial charge is 0.255 e. The summed E-state index contributed by atoms with van der Waals surface area (Å²) in [5, 5.41) is 21.3. The van der Waals surface area contributed by atoms with Gasteiger partial charge in [-0.3, -0.25) is 9.79 Å². The number of nitrogens with zero attached hydrogens (tertiary/aromatic N) is 1. The Bertz CT molecular complexity index is 1140. The number of benzene rings is 2. The molecule has 2 aliphatic carbocycles. The fraction of sp³-hybridized carbons (Fsp3) is 0.414. The fourth-order valence-electron chi connectivity index (χ4n) is 5.75. The lowest BCUT2D eigenvalue weighted by molar-refractivity contribution is 0.0916. The zero-order valence-electron chi connectivity index (χ0n) is 20.4. The van der Waals surface area contributed by atoms with Crippen molar-refractivity contribution in [3.8, 4) is 5.75 Å². The van der Waals surface area contributed by atoms with E-state index >= 15 is 0 Å². The highest BCUT2D eigenvalue weighted by Gasteiger charge is 2.47. The fourth-order valence-corrected chi connectivity index (χ4v) is 5.75. The van der Waals surface area contributed by atoms with Crippen LogP contribution in [0.25, 0.3) is 0 Å². The van der Waals surface area contributed by atoms with Gasteiger partial charge in [-0.2, -0.15) is 0 Å². The SMILES string of the molecule is CCCC(CC1CCC2=CC(=Nc3ccc(F)cc3)C(C=N)CC21C)NC(=O)c1ccccc1O. The van der Waals surface area contributed by atoms with Crippen molar-refractivity contribution in [1.29, 1.82) is 5.41 Å². The van der Waals surface area contributed by atoms with Gasteiger partial charge in [-0.15, -0.1) is 0 Å². The predicted molar refractivity (Wildman–Crippen MR) is 138 cm³/mol. The molecule has 0 spiro atoms. The van der Waals surface area contributed by atoms with Crippen LogP contribution in [-0.2, 0) is 0 Å². The van der Waals surface area contributed by atoms with E-state index in [1.54, 1.807) is 30.3 Å². The first kappa shape index (κ1) is 24.8. The molecule has 35 heavy (non-hydrogen) atoms. The van der Waals surface area contributed by atoms with Crippen molar-refractivity contribution < 1.29 is 14.3 Å². The van der Waals surface area contributed by atoms with Gasteiger partial charge in [0.05, 0.1) is 11.3 Å². The molecule has 184 valence electrons. The highest BCUT2D eigenvalue weighted by molar-refractivity contribution is 6.08. The van der Waals surface area contributed by atoms with Gasteiger partial charge < -0.3 is 15.8 Å². The van der Waals surface area contributed by atoms with Crippen LogP contribution >= 0.6 is 0 Å². The Morgan fingerprint density at radius 2 is 2.03 bits per heavy atom. The molecule has 3 N–H and O–H groups in total. The third-order valence-corrected chi connectivity index (χ3v) is 7.72. The molecule has 1 fully saturated rings. The first-order valence-corrected chi connectivity index (χ1v) is 12.5. The first-order valence-electron chi connectivity index (χ1n) is 12.5. The third kappa shape index (κ3) is 5.37. The zero-order valence-corrected chi connectivity index (χ0v) is 20.4. The van der Waals surface area contributed by atoms with Crippen molar-refractivity contribution in [2.24, 2.45) is 22.2 Å². The number of fused-ring (bicyclic) bond motifs is 1. The molecule has 6 heteroatoms. The number of carbonyl (C=O) groups is 1. The summed E-state index contributed by atoms with van der Waals surface area (Å²) in [6.45, 7) is 4.40. The molecule has 0 saturated heterocycles. The lowest BCUT2D eigenvalue weighted by Gasteiger charge is -2.40. The van der Waals surface area contributed by atoms with Gasteiger partial charge in [-0.1, -0.05) is 38.0 Å². The number of aromatic hydroxyl groups is 1. The number of para-hydroxylation sites is 1. The van der Waals surface area contributed by atoms with Crippen molar-refractivity contribution in [3.05, 3.63) is 71.6 Å².